The number of imidazole rings is 1. The Kier molecular flexibility index (Phi) is 4.82. The van der Waals surface area contributed by atoms with Gasteiger partial charge in [0.15, 0.2) is 10.6 Å². The molecule has 3 heterocycles. The van der Waals surface area contributed by atoms with Gasteiger partial charge in [-0.05, 0) is 36.0 Å². The zero-order chi connectivity index (χ0) is 20.5. The van der Waals surface area contributed by atoms with Gasteiger partial charge in [0, 0.05) is 29.5 Å². The van der Waals surface area contributed by atoms with Crippen LogP contribution in [0.3, 0.4) is 0 Å². The summed E-state index contributed by atoms with van der Waals surface area (Å²) in [5, 5.41) is 7.89. The van der Waals surface area contributed by atoms with Gasteiger partial charge in [0.05, 0.1) is 5.69 Å². The van der Waals surface area contributed by atoms with Crippen molar-refractivity contribution in [2.45, 2.75) is 6.61 Å². The molecule has 0 saturated carbocycles. The number of nitrogens with one attached hydrogen (secondary N) is 1. The number of benzene rings is 2. The summed E-state index contributed by atoms with van der Waals surface area (Å²) in [5.41, 5.74) is 3.36. The van der Waals surface area contributed by atoms with Gasteiger partial charge in [-0.25, -0.2) is 4.98 Å². The lowest BCUT2D eigenvalue weighted by molar-refractivity contribution is 0.306. The number of aromatic amines is 1. The van der Waals surface area contributed by atoms with Crippen molar-refractivity contribution >= 4 is 29.5 Å². The maximum atomic E-state index is 6.09. The molecule has 0 aliphatic carbocycles. The second-order valence-electron chi connectivity index (χ2n) is 6.70. The van der Waals surface area contributed by atoms with Crippen molar-refractivity contribution in [3.63, 3.8) is 0 Å². The fraction of sp³-hybridized carbons (Fsp3) is 0.0455. The summed E-state index contributed by atoms with van der Waals surface area (Å²) >= 11 is 11.6. The third kappa shape index (κ3) is 3.60. The molecule has 2 aromatic carbocycles. The summed E-state index contributed by atoms with van der Waals surface area (Å²) in [7, 11) is 0. The first-order valence-corrected chi connectivity index (χ1v) is 10.1. The number of fused-ring (bicyclic) bond motifs is 1. The van der Waals surface area contributed by atoms with E-state index in [1.165, 1.54) is 0 Å². The van der Waals surface area contributed by atoms with Crippen LogP contribution in [0.1, 0.15) is 5.56 Å². The van der Waals surface area contributed by atoms with Gasteiger partial charge in [-0.15, -0.1) is 0 Å². The van der Waals surface area contributed by atoms with Crippen molar-refractivity contribution in [2.24, 2.45) is 0 Å². The van der Waals surface area contributed by atoms with Crippen LogP contribution in [0.5, 0.6) is 5.75 Å². The first-order chi connectivity index (χ1) is 14.7. The zero-order valence-electron chi connectivity index (χ0n) is 15.7. The first-order valence-electron chi connectivity index (χ1n) is 9.26. The quantitative estimate of drug-likeness (QED) is 0.373. The van der Waals surface area contributed by atoms with Gasteiger partial charge < -0.3 is 9.14 Å². The summed E-state index contributed by atoms with van der Waals surface area (Å²) in [4.78, 5) is 4.64. The number of nitrogens with zero attached hydrogens (tertiary/aromatic N) is 4. The highest BCUT2D eigenvalue weighted by Gasteiger charge is 2.15. The van der Waals surface area contributed by atoms with Crippen molar-refractivity contribution in [3.05, 3.63) is 94.5 Å². The van der Waals surface area contributed by atoms with Gasteiger partial charge in [0.2, 0.25) is 0 Å². The molecule has 8 heteroatoms. The number of aromatic nitrogens is 5. The molecule has 0 aliphatic rings. The summed E-state index contributed by atoms with van der Waals surface area (Å²) in [6, 6.07) is 21.4. The maximum absolute atomic E-state index is 6.09. The van der Waals surface area contributed by atoms with E-state index < -0.39 is 0 Å². The molecule has 0 atom stereocenters. The molecule has 0 radical (unpaired) electrons. The second kappa shape index (κ2) is 7.78. The number of pyridine rings is 1. The summed E-state index contributed by atoms with van der Waals surface area (Å²) in [5.74, 6) is 1.35. The third-order valence-corrected chi connectivity index (χ3v) is 5.16. The molecule has 0 unspecified atom stereocenters. The molecule has 0 spiro atoms. The van der Waals surface area contributed by atoms with E-state index in [-0.39, 0.29) is 0 Å². The maximum Gasteiger partial charge on any atom is 0.200 e. The van der Waals surface area contributed by atoms with E-state index in [9.17, 15) is 0 Å². The Labute approximate surface area is 182 Å². The molecule has 0 saturated heterocycles. The Hall–Kier alpha value is -3.42. The van der Waals surface area contributed by atoms with Crippen molar-refractivity contribution in [1.29, 1.82) is 0 Å². The standard InChI is InChI=1S/C22H16ClN5OS/c23-16-9-10-27-13-19(24-20(27)11-16)21-25-26-22(30)28(21)17-7-4-8-18(12-17)29-14-15-5-2-1-3-6-15/h1-13H,14H2,(H,26,30). The Morgan fingerprint density at radius 3 is 2.77 bits per heavy atom. The third-order valence-electron chi connectivity index (χ3n) is 4.65. The topological polar surface area (TPSA) is 60.1 Å². The minimum atomic E-state index is 0.472. The van der Waals surface area contributed by atoms with Gasteiger partial charge >= 0.3 is 0 Å². The molecule has 0 aliphatic heterocycles. The molecule has 1 N–H and O–H groups in total. The normalized spacial score (nSPS) is 11.1. The van der Waals surface area contributed by atoms with E-state index in [0.717, 1.165) is 22.6 Å². The van der Waals surface area contributed by atoms with Gasteiger partial charge in [-0.2, -0.15) is 5.10 Å². The van der Waals surface area contributed by atoms with E-state index in [4.69, 9.17) is 28.6 Å². The predicted octanol–water partition coefficient (Wildman–Crippen LogP) is 5.48. The second-order valence-corrected chi connectivity index (χ2v) is 7.52. The number of rotatable bonds is 5. The van der Waals surface area contributed by atoms with Crippen LogP contribution in [0.2, 0.25) is 5.02 Å². The SMILES string of the molecule is S=c1[nH]nc(-c2cn3ccc(Cl)cc3n2)n1-c1cccc(OCc2ccccc2)c1. The largest absolute Gasteiger partial charge is 0.489 e. The highest BCUT2D eigenvalue weighted by Crippen LogP contribution is 2.25. The Morgan fingerprint density at radius 2 is 1.90 bits per heavy atom. The van der Waals surface area contributed by atoms with Crippen LogP contribution in [0, 0.1) is 4.77 Å². The fourth-order valence-electron chi connectivity index (χ4n) is 3.23. The van der Waals surface area contributed by atoms with Gasteiger partial charge in [0.25, 0.3) is 0 Å². The number of H-pyrrole nitrogens is 1. The van der Waals surface area contributed by atoms with Crippen LogP contribution in [-0.4, -0.2) is 24.1 Å². The Morgan fingerprint density at radius 1 is 1.03 bits per heavy atom. The number of halogens is 1. The van der Waals surface area contributed by atoms with E-state index in [0.29, 0.717) is 27.9 Å². The Bertz CT molecular complexity index is 1390. The molecular formula is C22H16ClN5OS. The minimum absolute atomic E-state index is 0.472. The molecule has 5 aromatic rings. The van der Waals surface area contributed by atoms with Crippen LogP contribution >= 0.6 is 23.8 Å². The molecule has 30 heavy (non-hydrogen) atoms. The van der Waals surface area contributed by atoms with Crippen LogP contribution in [0.15, 0.2) is 79.1 Å². The van der Waals surface area contributed by atoms with Gasteiger partial charge in [-0.1, -0.05) is 48.0 Å². The van der Waals surface area contributed by atoms with Crippen LogP contribution < -0.4 is 4.74 Å². The minimum Gasteiger partial charge on any atom is -0.489 e. The molecule has 0 bridgehead atoms. The summed E-state index contributed by atoms with van der Waals surface area (Å²) in [6.07, 6.45) is 3.75. The Balaban J connectivity index is 1.50. The number of hydrogen-bond acceptors (Lipinski definition) is 4. The van der Waals surface area contributed by atoms with E-state index in [2.05, 4.69) is 15.2 Å². The number of hydrogen-bond donors (Lipinski definition) is 1. The lowest BCUT2D eigenvalue weighted by atomic mass is 10.2. The summed E-state index contributed by atoms with van der Waals surface area (Å²) in [6.45, 7) is 0.487. The monoisotopic (exact) mass is 433 g/mol. The van der Waals surface area contributed by atoms with Crippen molar-refractivity contribution < 1.29 is 4.74 Å². The molecule has 6 nitrogen and oxygen atoms in total. The lowest BCUT2D eigenvalue weighted by Crippen LogP contribution is -2.00. The van der Waals surface area contributed by atoms with Crippen LogP contribution in [0.4, 0.5) is 0 Å². The highest BCUT2D eigenvalue weighted by molar-refractivity contribution is 7.71. The molecule has 0 fully saturated rings. The predicted molar refractivity (Wildman–Crippen MR) is 119 cm³/mol. The lowest BCUT2D eigenvalue weighted by Gasteiger charge is -2.10. The highest BCUT2D eigenvalue weighted by atomic mass is 35.5. The van der Waals surface area contributed by atoms with E-state index in [1.54, 1.807) is 6.07 Å². The van der Waals surface area contributed by atoms with Crippen LogP contribution in [-0.2, 0) is 6.61 Å². The fourth-order valence-corrected chi connectivity index (χ4v) is 3.62. The molecule has 148 valence electrons. The first kappa shape index (κ1) is 18.6. The van der Waals surface area contributed by atoms with Crippen molar-refractivity contribution in [3.8, 4) is 23.0 Å². The zero-order valence-corrected chi connectivity index (χ0v) is 17.3. The van der Waals surface area contributed by atoms with Gasteiger partial charge in [-0.3, -0.25) is 9.67 Å². The van der Waals surface area contributed by atoms with E-state index >= 15 is 0 Å². The average molecular weight is 434 g/mol. The number of ether oxygens (including phenoxy) is 1. The van der Waals surface area contributed by atoms with E-state index in [1.807, 2.05) is 82.0 Å². The van der Waals surface area contributed by atoms with Gasteiger partial charge in [0.1, 0.15) is 23.7 Å². The molecule has 0 amide bonds. The van der Waals surface area contributed by atoms with Crippen molar-refractivity contribution in [2.75, 3.05) is 0 Å². The molecule has 5 rings (SSSR count). The average Bonchev–Trinajstić information content (AvgIpc) is 3.36. The molecule has 3 aromatic heterocycles. The van der Waals surface area contributed by atoms with Crippen molar-refractivity contribution in [1.82, 2.24) is 24.1 Å². The smallest absolute Gasteiger partial charge is 0.200 e. The molecular weight excluding hydrogens is 418 g/mol. The van der Waals surface area contributed by atoms with Crippen LogP contribution in [0.25, 0.3) is 22.9 Å². The summed E-state index contributed by atoms with van der Waals surface area (Å²) < 4.78 is 10.2.